The maximum absolute atomic E-state index is 7.30. The van der Waals surface area contributed by atoms with Gasteiger partial charge in [0.2, 0.25) is 5.88 Å². The van der Waals surface area contributed by atoms with Gasteiger partial charge in [-0.15, -0.1) is 0 Å². The van der Waals surface area contributed by atoms with Crippen molar-refractivity contribution in [3.8, 4) is 11.6 Å². The van der Waals surface area contributed by atoms with Gasteiger partial charge >= 0.3 is 0 Å². The molecule has 1 heterocycles. The van der Waals surface area contributed by atoms with Gasteiger partial charge in [-0.25, -0.2) is 4.98 Å². The van der Waals surface area contributed by atoms with Crippen LogP contribution in [0.2, 0.25) is 0 Å². The molecule has 0 amide bonds. The highest BCUT2D eigenvalue weighted by Gasteiger charge is 2.05. The number of nitrogens with two attached hydrogens (primary N) is 1. The summed E-state index contributed by atoms with van der Waals surface area (Å²) in [6.45, 7) is 4.02. The van der Waals surface area contributed by atoms with Crippen molar-refractivity contribution >= 4 is 21.8 Å². The smallest absolute Gasteiger partial charge is 0.219 e. The first-order valence-electron chi connectivity index (χ1n) is 5.72. The van der Waals surface area contributed by atoms with Crippen LogP contribution in [0.25, 0.3) is 0 Å². The lowest BCUT2D eigenvalue weighted by Crippen LogP contribution is -2.11. The summed E-state index contributed by atoms with van der Waals surface area (Å²) in [5.41, 5.74) is 8.16. The van der Waals surface area contributed by atoms with Gasteiger partial charge in [-0.1, -0.05) is 15.9 Å². The van der Waals surface area contributed by atoms with Gasteiger partial charge in [0.05, 0.1) is 0 Å². The van der Waals surface area contributed by atoms with E-state index in [4.69, 9.17) is 15.9 Å². The van der Waals surface area contributed by atoms with E-state index >= 15 is 0 Å². The quantitative estimate of drug-likeness (QED) is 0.671. The standard InChI is InChI=1S/C14H14BrN3O/c1-8-5-11(6-9(2)13(8)15)19-12-4-3-10(7-18-12)14(16)17/h3-7H,1-2H3,(H3,16,17). The maximum Gasteiger partial charge on any atom is 0.219 e. The number of nitrogens with one attached hydrogen (secondary N) is 1. The summed E-state index contributed by atoms with van der Waals surface area (Å²) in [5.74, 6) is 1.21. The third-order valence-corrected chi connectivity index (χ3v) is 3.93. The minimum absolute atomic E-state index is 0.00520. The second-order valence-electron chi connectivity index (χ2n) is 4.27. The molecule has 2 rings (SSSR count). The fourth-order valence-corrected chi connectivity index (χ4v) is 1.91. The molecule has 0 aliphatic heterocycles. The van der Waals surface area contributed by atoms with Gasteiger partial charge in [0.25, 0.3) is 0 Å². The zero-order valence-corrected chi connectivity index (χ0v) is 12.3. The third kappa shape index (κ3) is 3.12. The van der Waals surface area contributed by atoms with Crippen molar-refractivity contribution in [1.29, 1.82) is 5.41 Å². The van der Waals surface area contributed by atoms with E-state index in [1.807, 2.05) is 26.0 Å². The predicted octanol–water partition coefficient (Wildman–Crippen LogP) is 3.54. The topological polar surface area (TPSA) is 72.0 Å². The van der Waals surface area contributed by atoms with Crippen LogP contribution in [0, 0.1) is 19.3 Å². The first-order chi connectivity index (χ1) is 8.97. The fraction of sp³-hybridized carbons (Fsp3) is 0.143. The molecule has 0 aliphatic carbocycles. The molecule has 2 aromatic rings. The summed E-state index contributed by atoms with van der Waals surface area (Å²) in [7, 11) is 0. The zero-order valence-electron chi connectivity index (χ0n) is 10.7. The molecule has 0 saturated heterocycles. The van der Waals surface area contributed by atoms with Crippen molar-refractivity contribution in [3.63, 3.8) is 0 Å². The number of amidine groups is 1. The summed E-state index contributed by atoms with van der Waals surface area (Å²) in [6.07, 6.45) is 1.52. The first kappa shape index (κ1) is 13.5. The molecule has 0 fully saturated rings. The Morgan fingerprint density at radius 3 is 2.37 bits per heavy atom. The number of aromatic nitrogens is 1. The number of halogens is 1. The molecule has 0 radical (unpaired) electrons. The van der Waals surface area contributed by atoms with Crippen molar-refractivity contribution in [2.24, 2.45) is 5.73 Å². The van der Waals surface area contributed by atoms with Gasteiger partial charge in [0, 0.05) is 22.3 Å². The van der Waals surface area contributed by atoms with Crippen LogP contribution in [0.15, 0.2) is 34.9 Å². The summed E-state index contributed by atoms with van der Waals surface area (Å²) in [4.78, 5) is 4.12. The summed E-state index contributed by atoms with van der Waals surface area (Å²) >= 11 is 3.52. The molecule has 5 heteroatoms. The van der Waals surface area contributed by atoms with Gasteiger partial charge in [0.1, 0.15) is 11.6 Å². The molecule has 0 spiro atoms. The number of hydrogen-bond acceptors (Lipinski definition) is 3. The normalized spacial score (nSPS) is 10.3. The van der Waals surface area contributed by atoms with Crippen LogP contribution < -0.4 is 10.5 Å². The van der Waals surface area contributed by atoms with Gasteiger partial charge in [-0.05, 0) is 43.2 Å². The Labute approximate surface area is 120 Å². The minimum atomic E-state index is -0.00520. The Kier molecular flexibility index (Phi) is 3.85. The van der Waals surface area contributed by atoms with Crippen LogP contribution in [0.5, 0.6) is 11.6 Å². The largest absolute Gasteiger partial charge is 0.439 e. The molecule has 0 unspecified atom stereocenters. The number of nitrogen functional groups attached to an aromatic ring is 1. The fourth-order valence-electron chi connectivity index (χ4n) is 1.69. The Balaban J connectivity index is 2.24. The van der Waals surface area contributed by atoms with E-state index in [1.165, 1.54) is 6.20 Å². The Morgan fingerprint density at radius 1 is 1.26 bits per heavy atom. The van der Waals surface area contributed by atoms with Crippen LogP contribution in [-0.4, -0.2) is 10.8 Å². The van der Waals surface area contributed by atoms with Crippen LogP contribution >= 0.6 is 15.9 Å². The van der Waals surface area contributed by atoms with Gasteiger partial charge in [-0.3, -0.25) is 5.41 Å². The molecular formula is C14H14BrN3O. The van der Waals surface area contributed by atoms with Crippen LogP contribution in [0.1, 0.15) is 16.7 Å². The molecule has 1 aromatic heterocycles. The van der Waals surface area contributed by atoms with E-state index in [-0.39, 0.29) is 5.84 Å². The van der Waals surface area contributed by atoms with Crippen LogP contribution in [0.4, 0.5) is 0 Å². The highest BCUT2D eigenvalue weighted by Crippen LogP contribution is 2.28. The summed E-state index contributed by atoms with van der Waals surface area (Å²) in [6, 6.07) is 7.29. The summed E-state index contributed by atoms with van der Waals surface area (Å²) in [5, 5.41) is 7.30. The molecule has 3 N–H and O–H groups in total. The SMILES string of the molecule is Cc1cc(Oc2ccc(C(=N)N)cn2)cc(C)c1Br. The Hall–Kier alpha value is -1.88. The Bertz CT molecular complexity index is 600. The molecule has 4 nitrogen and oxygen atoms in total. The molecule has 0 bridgehead atoms. The highest BCUT2D eigenvalue weighted by atomic mass is 79.9. The maximum atomic E-state index is 7.30. The molecule has 0 atom stereocenters. The molecule has 98 valence electrons. The third-order valence-electron chi connectivity index (χ3n) is 2.68. The van der Waals surface area contributed by atoms with E-state index in [0.29, 0.717) is 11.4 Å². The highest BCUT2D eigenvalue weighted by molar-refractivity contribution is 9.10. The molecule has 0 aliphatic rings. The number of aryl methyl sites for hydroxylation is 2. The van der Waals surface area contributed by atoms with E-state index in [0.717, 1.165) is 21.3 Å². The number of nitrogens with zero attached hydrogens (tertiary/aromatic N) is 1. The minimum Gasteiger partial charge on any atom is -0.439 e. The monoisotopic (exact) mass is 319 g/mol. The summed E-state index contributed by atoms with van der Waals surface area (Å²) < 4.78 is 6.77. The van der Waals surface area contributed by atoms with Crippen molar-refractivity contribution in [3.05, 3.63) is 51.6 Å². The Morgan fingerprint density at radius 2 is 1.89 bits per heavy atom. The molecule has 1 aromatic carbocycles. The predicted molar refractivity (Wildman–Crippen MR) is 78.9 cm³/mol. The first-order valence-corrected chi connectivity index (χ1v) is 6.51. The lowest BCUT2D eigenvalue weighted by atomic mass is 10.1. The lowest BCUT2D eigenvalue weighted by molar-refractivity contribution is 0.462. The van der Waals surface area contributed by atoms with E-state index in [9.17, 15) is 0 Å². The average molecular weight is 320 g/mol. The van der Waals surface area contributed by atoms with Gasteiger partial charge in [-0.2, -0.15) is 0 Å². The number of benzene rings is 1. The second-order valence-corrected chi connectivity index (χ2v) is 5.06. The van der Waals surface area contributed by atoms with Crippen molar-refractivity contribution in [2.75, 3.05) is 0 Å². The lowest BCUT2D eigenvalue weighted by Gasteiger charge is -2.09. The van der Waals surface area contributed by atoms with Gasteiger partial charge in [0.15, 0.2) is 0 Å². The average Bonchev–Trinajstić information content (AvgIpc) is 2.36. The number of rotatable bonds is 3. The van der Waals surface area contributed by atoms with E-state index in [2.05, 4.69) is 20.9 Å². The molecule has 19 heavy (non-hydrogen) atoms. The van der Waals surface area contributed by atoms with Crippen molar-refractivity contribution < 1.29 is 4.74 Å². The van der Waals surface area contributed by atoms with E-state index < -0.39 is 0 Å². The van der Waals surface area contributed by atoms with Crippen LogP contribution in [0.3, 0.4) is 0 Å². The van der Waals surface area contributed by atoms with Crippen LogP contribution in [-0.2, 0) is 0 Å². The molecule has 0 saturated carbocycles. The van der Waals surface area contributed by atoms with Crippen molar-refractivity contribution in [1.82, 2.24) is 4.98 Å². The number of ether oxygens (including phenoxy) is 1. The number of hydrogen-bond donors (Lipinski definition) is 2. The molecular weight excluding hydrogens is 306 g/mol. The van der Waals surface area contributed by atoms with Gasteiger partial charge < -0.3 is 10.5 Å². The number of pyridine rings is 1. The van der Waals surface area contributed by atoms with E-state index in [1.54, 1.807) is 12.1 Å². The second kappa shape index (κ2) is 5.40. The van der Waals surface area contributed by atoms with Crippen molar-refractivity contribution in [2.45, 2.75) is 13.8 Å². The zero-order chi connectivity index (χ0) is 14.0.